The van der Waals surface area contributed by atoms with Crippen molar-refractivity contribution < 1.29 is 4.79 Å². The van der Waals surface area contributed by atoms with E-state index in [4.69, 9.17) is 0 Å². The largest absolute Gasteiger partial charge is 0.292 e. The quantitative estimate of drug-likeness (QED) is 0.734. The zero-order chi connectivity index (χ0) is 12.5. The fourth-order valence-electron chi connectivity index (χ4n) is 2.26. The zero-order valence-electron chi connectivity index (χ0n) is 10.2. The molecule has 2 aliphatic heterocycles. The normalized spacial score (nSPS) is 18.1. The predicted molar refractivity (Wildman–Crippen MR) is 69.7 cm³/mol. The Bertz CT molecular complexity index is 550. The number of amides is 1. The lowest BCUT2D eigenvalue weighted by molar-refractivity contribution is 0.0851. The minimum Gasteiger partial charge on any atom is -0.292 e. The van der Waals surface area contributed by atoms with Crippen molar-refractivity contribution in [3.8, 4) is 0 Å². The van der Waals surface area contributed by atoms with Gasteiger partial charge >= 0.3 is 0 Å². The minimum atomic E-state index is 0.00563. The van der Waals surface area contributed by atoms with Gasteiger partial charge in [-0.1, -0.05) is 12.2 Å². The highest BCUT2D eigenvalue weighted by Gasteiger charge is 2.37. The van der Waals surface area contributed by atoms with Crippen LogP contribution in [0.2, 0.25) is 0 Å². The molecule has 1 aromatic heterocycles. The van der Waals surface area contributed by atoms with Crippen molar-refractivity contribution in [1.29, 1.82) is 0 Å². The second-order valence-electron chi connectivity index (χ2n) is 4.19. The number of carbonyl (C=O) groups excluding carboxylic acids is 1. The summed E-state index contributed by atoms with van der Waals surface area (Å²) in [4.78, 5) is 24.7. The molecule has 0 fully saturated rings. The van der Waals surface area contributed by atoms with Crippen molar-refractivity contribution in [2.75, 3.05) is 24.5 Å². The predicted octanol–water partition coefficient (Wildman–Crippen LogP) is 1.29. The summed E-state index contributed by atoms with van der Waals surface area (Å²) >= 11 is 0. The molecule has 3 heterocycles. The van der Waals surface area contributed by atoms with Gasteiger partial charge in [-0.05, 0) is 19.1 Å². The van der Waals surface area contributed by atoms with Gasteiger partial charge in [0.15, 0.2) is 0 Å². The van der Waals surface area contributed by atoms with E-state index in [-0.39, 0.29) is 5.91 Å². The molecule has 0 spiro atoms. The molecule has 0 saturated carbocycles. The number of aliphatic imine (C=N–C) groups is 1. The maximum atomic E-state index is 12.3. The van der Waals surface area contributed by atoms with E-state index < -0.39 is 0 Å². The van der Waals surface area contributed by atoms with Crippen LogP contribution >= 0.6 is 0 Å². The highest BCUT2D eigenvalue weighted by Crippen LogP contribution is 2.27. The molecule has 2 aliphatic rings. The molecular formula is C13H14N4O. The number of rotatable bonds is 2. The molecule has 1 aromatic rings. The van der Waals surface area contributed by atoms with E-state index in [1.165, 1.54) is 0 Å². The van der Waals surface area contributed by atoms with Crippen LogP contribution in [-0.4, -0.2) is 41.4 Å². The molecular weight excluding hydrogens is 228 g/mol. The van der Waals surface area contributed by atoms with Gasteiger partial charge in [0.1, 0.15) is 5.82 Å². The lowest BCUT2D eigenvalue weighted by Crippen LogP contribution is -2.50. The lowest BCUT2D eigenvalue weighted by atomic mass is 10.1. The van der Waals surface area contributed by atoms with Crippen molar-refractivity contribution in [1.82, 2.24) is 9.88 Å². The van der Waals surface area contributed by atoms with E-state index in [1.807, 2.05) is 30.0 Å². The first-order valence-electron chi connectivity index (χ1n) is 6.03. The van der Waals surface area contributed by atoms with E-state index in [2.05, 4.69) is 9.98 Å². The van der Waals surface area contributed by atoms with Gasteiger partial charge in [-0.25, -0.2) is 4.98 Å². The number of fused-ring (bicyclic) bond motifs is 2. The summed E-state index contributed by atoms with van der Waals surface area (Å²) in [7, 11) is 0. The molecule has 5 nitrogen and oxygen atoms in total. The Hall–Kier alpha value is -2.17. The first-order chi connectivity index (χ1) is 8.83. The van der Waals surface area contributed by atoms with Gasteiger partial charge in [0.05, 0.1) is 12.1 Å². The SMILES string of the molecule is CC=CCN1C2=NCCN2C(=O)c2cccnc21. The zero-order valence-corrected chi connectivity index (χ0v) is 10.2. The van der Waals surface area contributed by atoms with E-state index in [1.54, 1.807) is 17.2 Å². The van der Waals surface area contributed by atoms with E-state index in [0.717, 1.165) is 5.96 Å². The fourth-order valence-corrected chi connectivity index (χ4v) is 2.26. The maximum absolute atomic E-state index is 12.3. The molecule has 3 rings (SSSR count). The standard InChI is InChI=1S/C13H14N4O/c1-2-3-8-16-11-10(5-4-6-14-11)12(18)17-9-7-15-13(16)17/h2-6H,7-9H2,1H3. The maximum Gasteiger partial charge on any atom is 0.264 e. The Morgan fingerprint density at radius 2 is 2.39 bits per heavy atom. The molecule has 5 heteroatoms. The summed E-state index contributed by atoms with van der Waals surface area (Å²) in [6.07, 6.45) is 5.73. The molecule has 0 aromatic carbocycles. The molecule has 0 aliphatic carbocycles. The third-order valence-electron chi connectivity index (χ3n) is 3.10. The number of aromatic nitrogens is 1. The monoisotopic (exact) mass is 242 g/mol. The van der Waals surface area contributed by atoms with Gasteiger partial charge < -0.3 is 0 Å². The molecule has 92 valence electrons. The second-order valence-corrected chi connectivity index (χ2v) is 4.19. The molecule has 0 saturated heterocycles. The van der Waals surface area contributed by atoms with Gasteiger partial charge in [-0.3, -0.25) is 19.6 Å². The Kier molecular flexibility index (Phi) is 2.59. The lowest BCUT2D eigenvalue weighted by Gasteiger charge is -2.34. The second kappa shape index (κ2) is 4.25. The summed E-state index contributed by atoms with van der Waals surface area (Å²) in [5, 5.41) is 0. The van der Waals surface area contributed by atoms with E-state index in [0.29, 0.717) is 31.0 Å². The topological polar surface area (TPSA) is 48.8 Å². The first-order valence-corrected chi connectivity index (χ1v) is 6.03. The Morgan fingerprint density at radius 3 is 3.22 bits per heavy atom. The van der Waals surface area contributed by atoms with Crippen molar-refractivity contribution in [2.24, 2.45) is 4.99 Å². The molecule has 0 unspecified atom stereocenters. The summed E-state index contributed by atoms with van der Waals surface area (Å²) in [5.74, 6) is 1.44. The number of hydrogen-bond acceptors (Lipinski definition) is 4. The van der Waals surface area contributed by atoms with Crippen LogP contribution in [0.15, 0.2) is 35.5 Å². The molecule has 1 amide bonds. The van der Waals surface area contributed by atoms with Crippen LogP contribution in [0.4, 0.5) is 5.82 Å². The number of pyridine rings is 1. The molecule has 18 heavy (non-hydrogen) atoms. The Balaban J connectivity index is 2.10. The minimum absolute atomic E-state index is 0.00563. The van der Waals surface area contributed by atoms with Crippen LogP contribution < -0.4 is 4.90 Å². The Labute approximate surface area is 105 Å². The van der Waals surface area contributed by atoms with Gasteiger partial charge in [-0.2, -0.15) is 0 Å². The number of anilines is 1. The third-order valence-corrected chi connectivity index (χ3v) is 3.10. The smallest absolute Gasteiger partial charge is 0.264 e. The molecule has 0 radical (unpaired) electrons. The van der Waals surface area contributed by atoms with Gasteiger partial charge in [0.25, 0.3) is 5.91 Å². The van der Waals surface area contributed by atoms with Gasteiger partial charge in [-0.15, -0.1) is 0 Å². The van der Waals surface area contributed by atoms with Crippen LogP contribution in [0.5, 0.6) is 0 Å². The highest BCUT2D eigenvalue weighted by molar-refractivity contribution is 6.18. The highest BCUT2D eigenvalue weighted by atomic mass is 16.2. The van der Waals surface area contributed by atoms with Crippen LogP contribution in [0.25, 0.3) is 0 Å². The van der Waals surface area contributed by atoms with Crippen LogP contribution in [0.1, 0.15) is 17.3 Å². The van der Waals surface area contributed by atoms with Gasteiger partial charge in [0.2, 0.25) is 5.96 Å². The molecule has 0 atom stereocenters. The van der Waals surface area contributed by atoms with Crippen molar-refractivity contribution in [3.05, 3.63) is 36.0 Å². The van der Waals surface area contributed by atoms with E-state index >= 15 is 0 Å². The van der Waals surface area contributed by atoms with Gasteiger partial charge in [0, 0.05) is 19.3 Å². The number of hydrogen-bond donors (Lipinski definition) is 0. The van der Waals surface area contributed by atoms with Crippen LogP contribution in [0, 0.1) is 0 Å². The van der Waals surface area contributed by atoms with Crippen LogP contribution in [-0.2, 0) is 0 Å². The Morgan fingerprint density at radius 1 is 1.50 bits per heavy atom. The summed E-state index contributed by atoms with van der Waals surface area (Å²) in [6.45, 7) is 3.99. The average Bonchev–Trinajstić information content (AvgIpc) is 2.88. The number of guanidine groups is 1. The van der Waals surface area contributed by atoms with E-state index in [9.17, 15) is 4.79 Å². The van der Waals surface area contributed by atoms with Crippen molar-refractivity contribution >= 4 is 17.7 Å². The summed E-state index contributed by atoms with van der Waals surface area (Å²) in [6, 6.07) is 3.62. The van der Waals surface area contributed by atoms with Crippen LogP contribution in [0.3, 0.4) is 0 Å². The van der Waals surface area contributed by atoms with Crippen molar-refractivity contribution in [2.45, 2.75) is 6.92 Å². The molecule has 0 bridgehead atoms. The first kappa shape index (κ1) is 11.0. The third kappa shape index (κ3) is 1.51. The number of carbonyl (C=O) groups is 1. The summed E-state index contributed by atoms with van der Waals surface area (Å²) < 4.78 is 0. The number of allylic oxidation sites excluding steroid dienone is 1. The fraction of sp³-hybridized carbons (Fsp3) is 0.308. The molecule has 0 N–H and O–H groups in total. The number of nitrogens with zero attached hydrogens (tertiary/aromatic N) is 4. The summed E-state index contributed by atoms with van der Waals surface area (Å²) in [5.41, 5.74) is 0.655. The van der Waals surface area contributed by atoms with Crippen molar-refractivity contribution in [3.63, 3.8) is 0 Å². The average molecular weight is 242 g/mol.